The highest BCUT2D eigenvalue weighted by Gasteiger charge is 2.41. The molecule has 1 saturated heterocycles. The summed E-state index contributed by atoms with van der Waals surface area (Å²) in [6.45, 7) is 0.815. The van der Waals surface area contributed by atoms with Crippen molar-refractivity contribution in [2.24, 2.45) is 5.73 Å². The van der Waals surface area contributed by atoms with Crippen LogP contribution in [0.1, 0.15) is 24.1 Å². The van der Waals surface area contributed by atoms with Crippen molar-refractivity contribution < 1.29 is 27.9 Å². The van der Waals surface area contributed by atoms with Gasteiger partial charge in [0, 0.05) is 49.0 Å². The van der Waals surface area contributed by atoms with Gasteiger partial charge in [-0.1, -0.05) is 0 Å². The van der Waals surface area contributed by atoms with Crippen LogP contribution >= 0.6 is 0 Å². The molecule has 1 fully saturated rings. The number of pyridine rings is 1. The SMILES string of the molecule is N[C@@H](CC(=O)N1CCCNC([C+]=O)[C@H]1Cc1ncccc1O)Cc1cc(F)c(F)cc1F. The number of hydrogen-bond donors (Lipinski definition) is 3. The summed E-state index contributed by atoms with van der Waals surface area (Å²) in [5.41, 5.74) is 6.22. The number of aromatic hydroxyl groups is 1. The maximum absolute atomic E-state index is 13.9. The molecule has 3 rings (SSSR count). The molecule has 0 radical (unpaired) electrons. The number of benzene rings is 1. The van der Waals surface area contributed by atoms with Crippen LogP contribution in [-0.2, 0) is 22.4 Å². The first kappa shape index (κ1) is 23.6. The highest BCUT2D eigenvalue weighted by atomic mass is 19.2. The molecule has 2 aromatic rings. The second kappa shape index (κ2) is 10.5. The highest BCUT2D eigenvalue weighted by molar-refractivity contribution is 5.78. The van der Waals surface area contributed by atoms with E-state index in [1.807, 2.05) is 6.29 Å². The Bertz CT molecular complexity index is 975. The third-order valence-electron chi connectivity index (χ3n) is 5.45. The van der Waals surface area contributed by atoms with Crippen molar-refractivity contribution in [1.82, 2.24) is 15.2 Å². The zero-order valence-electron chi connectivity index (χ0n) is 17.2. The Morgan fingerprint density at radius 2 is 2.06 bits per heavy atom. The van der Waals surface area contributed by atoms with E-state index in [1.54, 1.807) is 6.07 Å². The molecule has 0 saturated carbocycles. The van der Waals surface area contributed by atoms with Gasteiger partial charge < -0.3 is 15.7 Å². The van der Waals surface area contributed by atoms with Crippen molar-refractivity contribution in [3.63, 3.8) is 0 Å². The maximum Gasteiger partial charge on any atom is 0.528 e. The van der Waals surface area contributed by atoms with Gasteiger partial charge in [0.1, 0.15) is 17.6 Å². The first-order chi connectivity index (χ1) is 15.3. The van der Waals surface area contributed by atoms with Crippen LogP contribution in [0.4, 0.5) is 13.2 Å². The molecular formula is C22H24F3N4O3+. The minimum atomic E-state index is -1.30. The Morgan fingerprint density at radius 1 is 1.31 bits per heavy atom. The Morgan fingerprint density at radius 3 is 2.78 bits per heavy atom. The second-order valence-corrected chi connectivity index (χ2v) is 7.76. The summed E-state index contributed by atoms with van der Waals surface area (Å²) in [5, 5.41) is 13.1. The van der Waals surface area contributed by atoms with E-state index in [2.05, 4.69) is 10.3 Å². The molecular weight excluding hydrogens is 425 g/mol. The van der Waals surface area contributed by atoms with Crippen LogP contribution in [0.2, 0.25) is 0 Å². The minimum absolute atomic E-state index is 0.0562. The average molecular weight is 449 g/mol. The molecule has 4 N–H and O–H groups in total. The molecule has 1 aliphatic rings. The van der Waals surface area contributed by atoms with E-state index in [-0.39, 0.29) is 36.5 Å². The number of halogens is 3. The van der Waals surface area contributed by atoms with Crippen molar-refractivity contribution in [1.29, 1.82) is 0 Å². The van der Waals surface area contributed by atoms with Gasteiger partial charge in [-0.2, -0.15) is 0 Å². The quantitative estimate of drug-likeness (QED) is 0.435. The van der Waals surface area contributed by atoms with Crippen molar-refractivity contribution in [3.05, 3.63) is 59.2 Å². The third kappa shape index (κ3) is 5.59. The lowest BCUT2D eigenvalue weighted by Crippen LogP contribution is -2.53. The van der Waals surface area contributed by atoms with E-state index in [4.69, 9.17) is 5.73 Å². The summed E-state index contributed by atoms with van der Waals surface area (Å²) in [6.07, 6.45) is 3.72. The highest BCUT2D eigenvalue weighted by Crippen LogP contribution is 2.22. The number of nitrogens with one attached hydrogen (secondary N) is 1. The average Bonchev–Trinajstić information content (AvgIpc) is 2.95. The van der Waals surface area contributed by atoms with Gasteiger partial charge in [0.2, 0.25) is 5.91 Å². The number of hydrogen-bond acceptors (Lipinski definition) is 6. The van der Waals surface area contributed by atoms with E-state index in [0.717, 1.165) is 6.07 Å². The number of nitrogens with zero attached hydrogens (tertiary/aromatic N) is 2. The molecule has 1 aromatic carbocycles. The van der Waals surface area contributed by atoms with Gasteiger partial charge >= 0.3 is 6.29 Å². The molecule has 0 aliphatic carbocycles. The lowest BCUT2D eigenvalue weighted by atomic mass is 9.99. The van der Waals surface area contributed by atoms with Crippen molar-refractivity contribution in [2.45, 2.75) is 43.8 Å². The fraction of sp³-hybridized carbons (Fsp3) is 0.409. The molecule has 32 heavy (non-hydrogen) atoms. The summed E-state index contributed by atoms with van der Waals surface area (Å²) in [5.74, 6) is -3.88. The largest absolute Gasteiger partial charge is 0.528 e. The van der Waals surface area contributed by atoms with Gasteiger partial charge in [0.25, 0.3) is 6.04 Å². The van der Waals surface area contributed by atoms with E-state index < -0.39 is 35.6 Å². The van der Waals surface area contributed by atoms with Crippen molar-refractivity contribution in [2.75, 3.05) is 13.1 Å². The van der Waals surface area contributed by atoms with Gasteiger partial charge in [-0.25, -0.2) is 13.2 Å². The molecule has 3 atom stereocenters. The Kier molecular flexibility index (Phi) is 7.74. The monoisotopic (exact) mass is 449 g/mol. The molecule has 0 bridgehead atoms. The second-order valence-electron chi connectivity index (χ2n) is 7.76. The Balaban J connectivity index is 1.76. The molecule has 1 aliphatic heterocycles. The van der Waals surface area contributed by atoms with Crippen molar-refractivity contribution in [3.8, 4) is 5.75 Å². The van der Waals surface area contributed by atoms with Gasteiger partial charge in [-0.3, -0.25) is 15.1 Å². The van der Waals surface area contributed by atoms with Gasteiger partial charge in [-0.05, 0) is 36.6 Å². The van der Waals surface area contributed by atoms with Crippen LogP contribution in [0.3, 0.4) is 0 Å². The molecule has 170 valence electrons. The van der Waals surface area contributed by atoms with Crippen LogP contribution in [0, 0.1) is 17.5 Å². The number of carbonyl (C=O) groups excluding carboxylic acids is 2. The standard InChI is InChI=1S/C22H23F3N4O3/c23-15-10-17(25)16(24)8-13(15)7-14(26)9-22(32)29-6-2-5-28-19(12-30)20(29)11-18-21(31)3-1-4-27-18/h1,3-4,8,10,14,19-20,28H,2,5-7,9,11,26H2/p+1/t14-,19?,20-/m1/s1. The van der Waals surface area contributed by atoms with Gasteiger partial charge in [0.05, 0.1) is 5.69 Å². The first-order valence-corrected chi connectivity index (χ1v) is 10.2. The number of carbonyl (C=O) groups is 1. The Labute approximate surface area is 183 Å². The van der Waals surface area contributed by atoms with E-state index in [1.165, 1.54) is 17.2 Å². The van der Waals surface area contributed by atoms with Crippen LogP contribution in [0.25, 0.3) is 0 Å². The zero-order valence-corrected chi connectivity index (χ0v) is 17.2. The number of amides is 1. The van der Waals surface area contributed by atoms with E-state index >= 15 is 0 Å². The number of aromatic nitrogens is 1. The minimum Gasteiger partial charge on any atom is -0.506 e. The lowest BCUT2D eigenvalue weighted by Gasteiger charge is -2.30. The number of rotatable bonds is 7. The third-order valence-corrected chi connectivity index (χ3v) is 5.45. The normalized spacial score (nSPS) is 19.8. The first-order valence-electron chi connectivity index (χ1n) is 10.2. The van der Waals surface area contributed by atoms with Crippen molar-refractivity contribution >= 4 is 12.2 Å². The fourth-order valence-electron chi connectivity index (χ4n) is 3.85. The van der Waals surface area contributed by atoms with Gasteiger partial charge in [-0.15, -0.1) is 0 Å². The topological polar surface area (TPSA) is 109 Å². The molecule has 1 unspecified atom stereocenters. The van der Waals surface area contributed by atoms with Crippen LogP contribution in [-0.4, -0.2) is 58.4 Å². The van der Waals surface area contributed by atoms with Crippen LogP contribution in [0.5, 0.6) is 5.75 Å². The van der Waals surface area contributed by atoms with Crippen LogP contribution < -0.4 is 11.1 Å². The summed E-state index contributed by atoms with van der Waals surface area (Å²) in [6, 6.07) is 1.87. The summed E-state index contributed by atoms with van der Waals surface area (Å²) in [4.78, 5) is 30.3. The smallest absolute Gasteiger partial charge is 0.506 e. The van der Waals surface area contributed by atoms with Crippen LogP contribution in [0.15, 0.2) is 30.5 Å². The Hall–Kier alpha value is -3.07. The molecule has 1 aromatic heterocycles. The summed E-state index contributed by atoms with van der Waals surface area (Å²) in [7, 11) is 0. The predicted octanol–water partition coefficient (Wildman–Crippen LogP) is 1.38. The molecule has 1 amide bonds. The molecule has 7 nitrogen and oxygen atoms in total. The lowest BCUT2D eigenvalue weighted by molar-refractivity contribution is -0.133. The maximum atomic E-state index is 13.9. The van der Waals surface area contributed by atoms with E-state index in [9.17, 15) is 27.9 Å². The zero-order chi connectivity index (χ0) is 23.3. The van der Waals surface area contributed by atoms with Gasteiger partial charge in [0.15, 0.2) is 11.6 Å². The number of nitrogens with two attached hydrogens (primary N) is 1. The summed E-state index contributed by atoms with van der Waals surface area (Å²) < 4.78 is 40.5. The predicted molar refractivity (Wildman–Crippen MR) is 110 cm³/mol. The summed E-state index contributed by atoms with van der Waals surface area (Å²) >= 11 is 0. The molecule has 0 spiro atoms. The molecule has 10 heteroatoms. The molecule has 2 heterocycles. The fourth-order valence-corrected chi connectivity index (χ4v) is 3.85. The van der Waals surface area contributed by atoms with E-state index in [0.29, 0.717) is 31.3 Å².